The molecule has 2 heterocycles. The van der Waals surface area contributed by atoms with Gasteiger partial charge in [-0.25, -0.2) is 4.98 Å². The zero-order chi connectivity index (χ0) is 21.4. The zero-order valence-electron chi connectivity index (χ0n) is 17.2. The molecule has 0 radical (unpaired) electrons. The van der Waals surface area contributed by atoms with Crippen LogP contribution in [0.3, 0.4) is 0 Å². The number of nitro benzene ring substituents is 1. The molecule has 0 aliphatic carbocycles. The van der Waals surface area contributed by atoms with Crippen LogP contribution in [-0.2, 0) is 0 Å². The van der Waals surface area contributed by atoms with Gasteiger partial charge in [0.2, 0.25) is 0 Å². The van der Waals surface area contributed by atoms with E-state index < -0.39 is 4.92 Å². The Morgan fingerprint density at radius 3 is 2.55 bits per heavy atom. The van der Waals surface area contributed by atoms with Crippen molar-refractivity contribution < 1.29 is 9.72 Å². The van der Waals surface area contributed by atoms with Gasteiger partial charge in [0.15, 0.2) is 5.13 Å². The van der Waals surface area contributed by atoms with Gasteiger partial charge in [0.05, 0.1) is 20.0 Å². The highest BCUT2D eigenvalue weighted by Crippen LogP contribution is 2.34. The van der Waals surface area contributed by atoms with Crippen LogP contribution in [0.5, 0.6) is 0 Å². The van der Waals surface area contributed by atoms with Crippen LogP contribution in [0.4, 0.5) is 10.8 Å². The normalized spacial score (nSPS) is 11.1. The van der Waals surface area contributed by atoms with Crippen molar-refractivity contribution in [3.8, 4) is 0 Å². The first kappa shape index (κ1) is 23.1. The number of fused-ring (bicyclic) bond motifs is 2. The summed E-state index contributed by atoms with van der Waals surface area (Å²) in [5.41, 5.74) is 2.00. The summed E-state index contributed by atoms with van der Waals surface area (Å²) in [6, 6.07) is 12.4. The monoisotopic (exact) mass is 476 g/mol. The lowest BCUT2D eigenvalue weighted by Crippen LogP contribution is -2.36. The zero-order valence-corrected chi connectivity index (χ0v) is 19.6. The first-order chi connectivity index (χ1) is 14.3. The molecule has 7 nitrogen and oxygen atoms in total. The standard InChI is InChI=1S/C21H20N4O3S2.ClH/c1-13-5-4-6-17-19(13)22-21(30-17)24(10-9-23(2)3)20(26)18-12-14-11-15(25(27)28)7-8-16(14)29-18;/h4-8,11-12H,9-10H2,1-3H3;1H. The minimum atomic E-state index is -0.425. The second-order valence-corrected chi connectivity index (χ2v) is 9.36. The fourth-order valence-electron chi connectivity index (χ4n) is 3.16. The molecule has 0 aliphatic rings. The number of likely N-dealkylation sites (N-methyl/N-ethyl adjacent to an activating group) is 1. The summed E-state index contributed by atoms with van der Waals surface area (Å²) in [5.74, 6) is -0.141. The van der Waals surface area contributed by atoms with E-state index in [4.69, 9.17) is 4.98 Å². The Kier molecular flexibility index (Phi) is 6.90. The van der Waals surface area contributed by atoms with Crippen LogP contribution in [0.25, 0.3) is 20.3 Å². The Morgan fingerprint density at radius 2 is 1.87 bits per heavy atom. The number of carbonyl (C=O) groups excluding carboxylic acids is 1. The minimum absolute atomic E-state index is 0. The lowest BCUT2D eigenvalue weighted by atomic mass is 10.2. The van der Waals surface area contributed by atoms with Crippen molar-refractivity contribution in [2.24, 2.45) is 0 Å². The molecule has 162 valence electrons. The van der Waals surface area contributed by atoms with Gasteiger partial charge in [-0.2, -0.15) is 0 Å². The number of benzene rings is 2. The van der Waals surface area contributed by atoms with Gasteiger partial charge in [-0.15, -0.1) is 23.7 Å². The van der Waals surface area contributed by atoms with E-state index in [1.807, 2.05) is 44.1 Å². The van der Waals surface area contributed by atoms with Crippen molar-refractivity contribution >= 4 is 72.1 Å². The first-order valence-corrected chi connectivity index (χ1v) is 11.0. The van der Waals surface area contributed by atoms with Crippen molar-refractivity contribution in [3.63, 3.8) is 0 Å². The number of anilines is 1. The molecule has 0 atom stereocenters. The van der Waals surface area contributed by atoms with Gasteiger partial charge < -0.3 is 4.90 Å². The molecule has 0 aliphatic heterocycles. The number of para-hydroxylation sites is 1. The van der Waals surface area contributed by atoms with Crippen LogP contribution >= 0.6 is 35.1 Å². The van der Waals surface area contributed by atoms with E-state index in [1.54, 1.807) is 17.0 Å². The Labute approximate surface area is 193 Å². The molecule has 10 heteroatoms. The summed E-state index contributed by atoms with van der Waals surface area (Å²) in [4.78, 5) is 33.1. The lowest BCUT2D eigenvalue weighted by molar-refractivity contribution is -0.384. The predicted octanol–water partition coefficient (Wildman–Crippen LogP) is 5.36. The Bertz CT molecular complexity index is 1270. The fraction of sp³-hybridized carbons (Fsp3) is 0.238. The van der Waals surface area contributed by atoms with E-state index in [2.05, 4.69) is 0 Å². The lowest BCUT2D eigenvalue weighted by Gasteiger charge is -2.21. The highest BCUT2D eigenvalue weighted by molar-refractivity contribution is 7.23. The van der Waals surface area contributed by atoms with Crippen molar-refractivity contribution in [2.75, 3.05) is 32.1 Å². The number of nitrogens with zero attached hydrogens (tertiary/aromatic N) is 4. The number of halogens is 1. The topological polar surface area (TPSA) is 79.6 Å². The second kappa shape index (κ2) is 9.27. The van der Waals surface area contributed by atoms with E-state index in [0.717, 1.165) is 20.5 Å². The molecule has 0 saturated carbocycles. The van der Waals surface area contributed by atoms with Crippen molar-refractivity contribution in [3.05, 3.63) is 63.0 Å². The van der Waals surface area contributed by atoms with Crippen molar-refractivity contribution in [1.29, 1.82) is 0 Å². The van der Waals surface area contributed by atoms with Crippen LogP contribution in [0.2, 0.25) is 0 Å². The summed E-state index contributed by atoms with van der Waals surface area (Å²) >= 11 is 2.84. The molecule has 2 aromatic heterocycles. The summed E-state index contributed by atoms with van der Waals surface area (Å²) in [5, 5.41) is 12.4. The average molecular weight is 477 g/mol. The minimum Gasteiger partial charge on any atom is -0.308 e. The van der Waals surface area contributed by atoms with Gasteiger partial charge in [-0.05, 0) is 44.8 Å². The molecule has 4 rings (SSSR count). The fourth-order valence-corrected chi connectivity index (χ4v) is 5.22. The Hall–Kier alpha value is -2.59. The van der Waals surface area contributed by atoms with Gasteiger partial charge in [0.1, 0.15) is 0 Å². The molecule has 0 spiro atoms. The van der Waals surface area contributed by atoms with Gasteiger partial charge >= 0.3 is 0 Å². The first-order valence-electron chi connectivity index (χ1n) is 9.34. The highest BCUT2D eigenvalue weighted by Gasteiger charge is 2.24. The summed E-state index contributed by atoms with van der Waals surface area (Å²) in [7, 11) is 3.92. The number of hydrogen-bond acceptors (Lipinski definition) is 7. The molecule has 0 unspecified atom stereocenters. The third kappa shape index (κ3) is 4.69. The molecule has 0 fully saturated rings. The third-order valence-electron chi connectivity index (χ3n) is 4.78. The molecular weight excluding hydrogens is 456 g/mol. The number of aromatic nitrogens is 1. The van der Waals surface area contributed by atoms with E-state index in [1.165, 1.54) is 34.8 Å². The highest BCUT2D eigenvalue weighted by atomic mass is 35.5. The molecule has 4 aromatic rings. The van der Waals surface area contributed by atoms with E-state index in [9.17, 15) is 14.9 Å². The van der Waals surface area contributed by atoms with Gasteiger partial charge in [-0.3, -0.25) is 19.8 Å². The summed E-state index contributed by atoms with van der Waals surface area (Å²) in [6.07, 6.45) is 0. The van der Waals surface area contributed by atoms with E-state index in [0.29, 0.717) is 28.5 Å². The number of thiazole rings is 1. The van der Waals surface area contributed by atoms with Gasteiger partial charge in [-0.1, -0.05) is 23.5 Å². The number of carbonyl (C=O) groups is 1. The van der Waals surface area contributed by atoms with Crippen LogP contribution in [-0.4, -0.2) is 47.9 Å². The number of rotatable bonds is 6. The smallest absolute Gasteiger partial charge is 0.270 e. The molecular formula is C21H21ClN4O3S2. The molecule has 2 aromatic carbocycles. The number of amides is 1. The van der Waals surface area contributed by atoms with Crippen LogP contribution in [0.1, 0.15) is 15.2 Å². The van der Waals surface area contributed by atoms with E-state index >= 15 is 0 Å². The maximum atomic E-state index is 13.5. The Morgan fingerprint density at radius 1 is 1.10 bits per heavy atom. The molecule has 0 saturated heterocycles. The second-order valence-electron chi connectivity index (χ2n) is 7.27. The maximum Gasteiger partial charge on any atom is 0.270 e. The number of hydrogen-bond donors (Lipinski definition) is 0. The van der Waals surface area contributed by atoms with Crippen molar-refractivity contribution in [1.82, 2.24) is 9.88 Å². The van der Waals surface area contributed by atoms with Gasteiger partial charge in [0.25, 0.3) is 11.6 Å². The predicted molar refractivity (Wildman–Crippen MR) is 130 cm³/mol. The third-order valence-corrected chi connectivity index (χ3v) is 6.93. The maximum absolute atomic E-state index is 13.5. The quantitative estimate of drug-likeness (QED) is 0.276. The van der Waals surface area contributed by atoms with Crippen molar-refractivity contribution in [2.45, 2.75) is 6.92 Å². The molecule has 0 N–H and O–H groups in total. The van der Waals surface area contributed by atoms with Crippen LogP contribution in [0.15, 0.2) is 42.5 Å². The number of aryl methyl sites for hydroxylation is 1. The molecule has 31 heavy (non-hydrogen) atoms. The van der Waals surface area contributed by atoms with Crippen LogP contribution < -0.4 is 4.90 Å². The molecule has 1 amide bonds. The number of nitro groups is 1. The Balaban J connectivity index is 0.00000272. The number of thiophene rings is 1. The van der Waals surface area contributed by atoms with Gasteiger partial charge in [0, 0.05) is 35.3 Å². The largest absolute Gasteiger partial charge is 0.308 e. The summed E-state index contributed by atoms with van der Waals surface area (Å²) in [6.45, 7) is 3.20. The van der Waals surface area contributed by atoms with Crippen LogP contribution in [0, 0.1) is 17.0 Å². The van der Waals surface area contributed by atoms with E-state index in [-0.39, 0.29) is 24.0 Å². The SMILES string of the molecule is Cc1cccc2sc(N(CCN(C)C)C(=O)c3cc4cc([N+](=O)[O-])ccc4s3)nc12.Cl. The molecule has 0 bridgehead atoms. The number of non-ortho nitro benzene ring substituents is 1. The average Bonchev–Trinajstić information content (AvgIpc) is 3.32. The summed E-state index contributed by atoms with van der Waals surface area (Å²) < 4.78 is 1.89.